The summed E-state index contributed by atoms with van der Waals surface area (Å²) in [7, 11) is 3.43. The molecule has 0 aliphatic heterocycles. The summed E-state index contributed by atoms with van der Waals surface area (Å²) in [5, 5.41) is 3.70. The standard InChI is InChI=1S/C19H18N4O2/c1-23(2)19(25)14-5-3-13(4-6-14)10-21-18(24)15-7-8-17-16(9-15)11-20-12-22-17/h3-9,11-12H,10H2,1-2H3,(H,21,24). The molecule has 1 heterocycles. The molecule has 2 aromatic carbocycles. The molecule has 6 nitrogen and oxygen atoms in total. The predicted octanol–water partition coefficient (Wildman–Crippen LogP) is 2.26. The average Bonchev–Trinajstić information content (AvgIpc) is 2.65. The Labute approximate surface area is 145 Å². The van der Waals surface area contributed by atoms with E-state index in [0.29, 0.717) is 17.7 Å². The van der Waals surface area contributed by atoms with Gasteiger partial charge in [0, 0.05) is 43.4 Å². The molecule has 0 atom stereocenters. The summed E-state index contributed by atoms with van der Waals surface area (Å²) in [4.78, 5) is 33.8. The van der Waals surface area contributed by atoms with Crippen molar-refractivity contribution in [3.05, 3.63) is 71.7 Å². The fourth-order valence-corrected chi connectivity index (χ4v) is 2.43. The summed E-state index contributed by atoms with van der Waals surface area (Å²) in [6.45, 7) is 0.387. The Kier molecular flexibility index (Phi) is 4.70. The smallest absolute Gasteiger partial charge is 0.253 e. The summed E-state index contributed by atoms with van der Waals surface area (Å²) >= 11 is 0. The van der Waals surface area contributed by atoms with E-state index in [1.165, 1.54) is 11.2 Å². The minimum Gasteiger partial charge on any atom is -0.348 e. The zero-order chi connectivity index (χ0) is 17.8. The third-order valence-electron chi connectivity index (χ3n) is 3.83. The van der Waals surface area contributed by atoms with E-state index < -0.39 is 0 Å². The highest BCUT2D eigenvalue weighted by molar-refractivity contribution is 5.97. The Bertz CT molecular complexity index is 920. The van der Waals surface area contributed by atoms with Crippen molar-refractivity contribution in [2.45, 2.75) is 6.54 Å². The number of carbonyl (C=O) groups excluding carboxylic acids is 2. The van der Waals surface area contributed by atoms with E-state index >= 15 is 0 Å². The molecule has 0 bridgehead atoms. The van der Waals surface area contributed by atoms with Crippen molar-refractivity contribution in [3.8, 4) is 0 Å². The second-order valence-electron chi connectivity index (χ2n) is 5.88. The normalized spacial score (nSPS) is 10.5. The van der Waals surface area contributed by atoms with Crippen LogP contribution in [0.1, 0.15) is 26.3 Å². The first kappa shape index (κ1) is 16.6. The van der Waals surface area contributed by atoms with Crippen molar-refractivity contribution in [2.24, 2.45) is 0 Å². The molecular formula is C19H18N4O2. The van der Waals surface area contributed by atoms with Crippen LogP contribution in [0.5, 0.6) is 0 Å². The number of rotatable bonds is 4. The quantitative estimate of drug-likeness (QED) is 0.794. The molecule has 0 saturated carbocycles. The van der Waals surface area contributed by atoms with Crippen LogP contribution in [0.25, 0.3) is 10.9 Å². The van der Waals surface area contributed by atoms with Crippen LogP contribution in [0.2, 0.25) is 0 Å². The van der Waals surface area contributed by atoms with E-state index in [2.05, 4.69) is 15.3 Å². The third kappa shape index (κ3) is 3.80. The highest BCUT2D eigenvalue weighted by atomic mass is 16.2. The van der Waals surface area contributed by atoms with Gasteiger partial charge in [-0.3, -0.25) is 9.59 Å². The van der Waals surface area contributed by atoms with E-state index in [0.717, 1.165) is 16.5 Å². The molecule has 3 aromatic rings. The minimum atomic E-state index is -0.167. The van der Waals surface area contributed by atoms with Gasteiger partial charge in [0.05, 0.1) is 5.52 Å². The number of fused-ring (bicyclic) bond motifs is 1. The van der Waals surface area contributed by atoms with Crippen molar-refractivity contribution in [2.75, 3.05) is 14.1 Å². The van der Waals surface area contributed by atoms with E-state index in [1.54, 1.807) is 50.6 Å². The Balaban J connectivity index is 1.66. The molecule has 1 aromatic heterocycles. The third-order valence-corrected chi connectivity index (χ3v) is 3.83. The van der Waals surface area contributed by atoms with Crippen LogP contribution in [0, 0.1) is 0 Å². The number of benzene rings is 2. The summed E-state index contributed by atoms with van der Waals surface area (Å²) in [5.41, 5.74) is 2.90. The largest absolute Gasteiger partial charge is 0.348 e. The zero-order valence-corrected chi connectivity index (χ0v) is 14.1. The lowest BCUT2D eigenvalue weighted by Gasteiger charge is -2.11. The first-order valence-corrected chi connectivity index (χ1v) is 7.83. The van der Waals surface area contributed by atoms with Crippen molar-refractivity contribution in [3.63, 3.8) is 0 Å². The maximum absolute atomic E-state index is 12.3. The fourth-order valence-electron chi connectivity index (χ4n) is 2.43. The van der Waals surface area contributed by atoms with Gasteiger partial charge in [-0.1, -0.05) is 12.1 Å². The zero-order valence-electron chi connectivity index (χ0n) is 14.1. The lowest BCUT2D eigenvalue weighted by atomic mass is 10.1. The number of nitrogens with zero attached hydrogens (tertiary/aromatic N) is 3. The molecule has 2 amide bonds. The van der Waals surface area contributed by atoms with Gasteiger partial charge in [-0.05, 0) is 35.9 Å². The van der Waals surface area contributed by atoms with E-state index in [-0.39, 0.29) is 11.8 Å². The monoisotopic (exact) mass is 334 g/mol. The van der Waals surface area contributed by atoms with Crippen LogP contribution in [-0.4, -0.2) is 40.8 Å². The van der Waals surface area contributed by atoms with Gasteiger partial charge in [0.2, 0.25) is 0 Å². The van der Waals surface area contributed by atoms with Gasteiger partial charge in [-0.15, -0.1) is 0 Å². The van der Waals surface area contributed by atoms with Gasteiger partial charge < -0.3 is 10.2 Å². The van der Waals surface area contributed by atoms with Crippen LogP contribution >= 0.6 is 0 Å². The number of carbonyl (C=O) groups is 2. The first-order chi connectivity index (χ1) is 12.0. The molecule has 0 fully saturated rings. The molecule has 25 heavy (non-hydrogen) atoms. The molecule has 6 heteroatoms. The Morgan fingerprint density at radius 2 is 1.76 bits per heavy atom. The number of amides is 2. The van der Waals surface area contributed by atoms with Gasteiger partial charge in [0.15, 0.2) is 0 Å². The molecule has 0 saturated heterocycles. The van der Waals surface area contributed by atoms with Gasteiger partial charge in [0.25, 0.3) is 11.8 Å². The molecule has 0 spiro atoms. The van der Waals surface area contributed by atoms with E-state index in [4.69, 9.17) is 0 Å². The van der Waals surface area contributed by atoms with Gasteiger partial charge >= 0.3 is 0 Å². The number of hydrogen-bond acceptors (Lipinski definition) is 4. The van der Waals surface area contributed by atoms with Crippen molar-refractivity contribution >= 4 is 22.7 Å². The van der Waals surface area contributed by atoms with Crippen LogP contribution in [0.15, 0.2) is 55.0 Å². The van der Waals surface area contributed by atoms with Crippen molar-refractivity contribution in [1.29, 1.82) is 0 Å². The maximum Gasteiger partial charge on any atom is 0.253 e. The molecule has 1 N–H and O–H groups in total. The summed E-state index contributed by atoms with van der Waals surface area (Å²) in [6.07, 6.45) is 3.16. The first-order valence-electron chi connectivity index (χ1n) is 7.83. The average molecular weight is 334 g/mol. The molecule has 0 unspecified atom stereocenters. The number of nitrogens with one attached hydrogen (secondary N) is 1. The highest BCUT2D eigenvalue weighted by Crippen LogP contribution is 2.12. The summed E-state index contributed by atoms with van der Waals surface area (Å²) in [5.74, 6) is -0.215. The summed E-state index contributed by atoms with van der Waals surface area (Å²) < 4.78 is 0. The predicted molar refractivity (Wildman–Crippen MR) is 95.2 cm³/mol. The Morgan fingerprint density at radius 3 is 2.48 bits per heavy atom. The van der Waals surface area contributed by atoms with Crippen molar-refractivity contribution < 1.29 is 9.59 Å². The summed E-state index contributed by atoms with van der Waals surface area (Å²) in [6, 6.07) is 12.5. The Morgan fingerprint density at radius 1 is 1.04 bits per heavy atom. The van der Waals surface area contributed by atoms with Gasteiger partial charge in [0.1, 0.15) is 6.33 Å². The molecule has 126 valence electrons. The highest BCUT2D eigenvalue weighted by Gasteiger charge is 2.09. The van der Waals surface area contributed by atoms with Crippen LogP contribution in [-0.2, 0) is 6.54 Å². The second kappa shape index (κ2) is 7.09. The van der Waals surface area contributed by atoms with Crippen LogP contribution in [0.4, 0.5) is 0 Å². The number of hydrogen-bond donors (Lipinski definition) is 1. The van der Waals surface area contributed by atoms with Crippen molar-refractivity contribution in [1.82, 2.24) is 20.2 Å². The number of aromatic nitrogens is 2. The SMILES string of the molecule is CN(C)C(=O)c1ccc(CNC(=O)c2ccc3ncncc3c2)cc1. The molecular weight excluding hydrogens is 316 g/mol. The van der Waals surface area contributed by atoms with Gasteiger partial charge in [-0.25, -0.2) is 9.97 Å². The second-order valence-corrected chi connectivity index (χ2v) is 5.88. The van der Waals surface area contributed by atoms with E-state index in [1.807, 2.05) is 12.1 Å². The van der Waals surface area contributed by atoms with Gasteiger partial charge in [-0.2, -0.15) is 0 Å². The molecule has 0 aliphatic carbocycles. The fraction of sp³-hybridized carbons (Fsp3) is 0.158. The van der Waals surface area contributed by atoms with Crippen LogP contribution in [0.3, 0.4) is 0 Å². The van der Waals surface area contributed by atoms with Crippen LogP contribution < -0.4 is 5.32 Å². The molecule has 0 aliphatic rings. The molecule has 3 rings (SSSR count). The van der Waals surface area contributed by atoms with E-state index in [9.17, 15) is 9.59 Å². The topological polar surface area (TPSA) is 75.2 Å². The lowest BCUT2D eigenvalue weighted by Crippen LogP contribution is -2.23. The maximum atomic E-state index is 12.3. The minimum absolute atomic E-state index is 0.0473. The molecule has 0 radical (unpaired) electrons. The Hall–Kier alpha value is -3.28. The lowest BCUT2D eigenvalue weighted by molar-refractivity contribution is 0.0827.